The lowest BCUT2D eigenvalue weighted by Gasteiger charge is -2.29. The Balaban J connectivity index is 2.08. The summed E-state index contributed by atoms with van der Waals surface area (Å²) in [6, 6.07) is 0. The predicted octanol–water partition coefficient (Wildman–Crippen LogP) is 2.08. The molecule has 0 radical (unpaired) electrons. The quantitative estimate of drug-likeness (QED) is 0.734. The summed E-state index contributed by atoms with van der Waals surface area (Å²) in [6.07, 6.45) is 3.66. The molecule has 16 heavy (non-hydrogen) atoms. The lowest BCUT2D eigenvalue weighted by molar-refractivity contribution is 0.101. The van der Waals surface area contributed by atoms with Gasteiger partial charge in [-0.2, -0.15) is 0 Å². The average molecular weight is 222 g/mol. The normalized spacial score (nSPS) is 18.9. The van der Waals surface area contributed by atoms with E-state index < -0.39 is 0 Å². The summed E-state index contributed by atoms with van der Waals surface area (Å²) in [6.45, 7) is 7.01. The molecular weight excluding hydrogens is 204 g/mol. The van der Waals surface area contributed by atoms with Crippen molar-refractivity contribution >= 4 is 5.78 Å². The summed E-state index contributed by atoms with van der Waals surface area (Å²) in [4.78, 5) is 13.8. The number of carbonyl (C=O) groups excluding carboxylic acids is 1. The maximum absolute atomic E-state index is 11.4. The number of piperidine rings is 1. The topological polar surface area (TPSA) is 46.3 Å². The molecule has 0 bridgehead atoms. The molecule has 1 aliphatic heterocycles. The number of nitrogens with zero attached hydrogens (tertiary/aromatic N) is 2. The Hall–Kier alpha value is -1.16. The van der Waals surface area contributed by atoms with Crippen LogP contribution in [0.4, 0.5) is 0 Å². The Kier molecular flexibility index (Phi) is 3.39. The van der Waals surface area contributed by atoms with Crippen molar-refractivity contribution in [3.05, 3.63) is 17.5 Å². The molecule has 0 aromatic carbocycles. The van der Waals surface area contributed by atoms with Gasteiger partial charge in [-0.1, -0.05) is 12.1 Å². The summed E-state index contributed by atoms with van der Waals surface area (Å²) in [5.74, 6) is 1.21. The molecule has 1 fully saturated rings. The highest BCUT2D eigenvalue weighted by Crippen LogP contribution is 2.30. The Labute approximate surface area is 95.6 Å². The minimum absolute atomic E-state index is 0.0502. The van der Waals surface area contributed by atoms with Crippen LogP contribution in [0.15, 0.2) is 10.7 Å². The molecule has 1 saturated heterocycles. The number of hydrogen-bond acceptors (Lipinski definition) is 4. The monoisotopic (exact) mass is 222 g/mol. The zero-order chi connectivity index (χ0) is 11.5. The third kappa shape index (κ3) is 2.16. The summed E-state index contributed by atoms with van der Waals surface area (Å²) in [7, 11) is 0. The van der Waals surface area contributed by atoms with E-state index in [0.717, 1.165) is 38.2 Å². The van der Waals surface area contributed by atoms with Crippen molar-refractivity contribution in [1.82, 2.24) is 10.1 Å². The molecule has 1 aromatic rings. The van der Waals surface area contributed by atoms with E-state index in [0.29, 0.717) is 11.5 Å². The van der Waals surface area contributed by atoms with E-state index in [1.165, 1.54) is 0 Å². The lowest BCUT2D eigenvalue weighted by Crippen LogP contribution is -2.32. The Morgan fingerprint density at radius 3 is 2.81 bits per heavy atom. The van der Waals surface area contributed by atoms with E-state index in [4.69, 9.17) is 4.52 Å². The van der Waals surface area contributed by atoms with Crippen LogP contribution >= 0.6 is 0 Å². The number of ketones is 1. The molecule has 0 saturated carbocycles. The molecule has 88 valence electrons. The zero-order valence-corrected chi connectivity index (χ0v) is 9.90. The molecule has 0 atom stereocenters. The van der Waals surface area contributed by atoms with Crippen molar-refractivity contribution in [2.24, 2.45) is 0 Å². The number of Topliss-reactive ketones (excluding diaryl/α,β-unsaturated/α-hetero) is 1. The highest BCUT2D eigenvalue weighted by atomic mass is 16.5. The minimum atomic E-state index is 0.0502. The van der Waals surface area contributed by atoms with E-state index in [1.807, 2.05) is 0 Å². The van der Waals surface area contributed by atoms with Gasteiger partial charge in [-0.15, -0.1) is 0 Å². The molecule has 0 aliphatic carbocycles. The summed E-state index contributed by atoms with van der Waals surface area (Å²) >= 11 is 0. The van der Waals surface area contributed by atoms with Gasteiger partial charge >= 0.3 is 0 Å². The highest BCUT2D eigenvalue weighted by Gasteiger charge is 2.26. The van der Waals surface area contributed by atoms with Crippen molar-refractivity contribution in [3.63, 3.8) is 0 Å². The fraction of sp³-hybridized carbons (Fsp3) is 0.667. The molecule has 1 aromatic heterocycles. The van der Waals surface area contributed by atoms with Gasteiger partial charge in [-0.25, -0.2) is 0 Å². The molecular formula is C12H18N2O2. The predicted molar refractivity (Wildman–Crippen MR) is 60.6 cm³/mol. The zero-order valence-electron chi connectivity index (χ0n) is 9.90. The standard InChI is InChI=1S/C12H18N2O2/c1-3-14-6-4-10(5-7-14)12-11(9(2)15)8-13-16-12/h8,10H,3-7H2,1-2H3. The van der Waals surface area contributed by atoms with Gasteiger partial charge in [0.25, 0.3) is 0 Å². The van der Waals surface area contributed by atoms with E-state index in [2.05, 4.69) is 17.0 Å². The van der Waals surface area contributed by atoms with Gasteiger partial charge in [-0.3, -0.25) is 4.79 Å². The van der Waals surface area contributed by atoms with E-state index in [9.17, 15) is 4.79 Å². The van der Waals surface area contributed by atoms with Gasteiger partial charge in [0.1, 0.15) is 0 Å². The van der Waals surface area contributed by atoms with E-state index in [-0.39, 0.29) is 5.78 Å². The second-order valence-corrected chi connectivity index (χ2v) is 4.37. The fourth-order valence-corrected chi connectivity index (χ4v) is 2.32. The SMILES string of the molecule is CCN1CCC(c2oncc2C(C)=O)CC1. The van der Waals surface area contributed by atoms with Crippen molar-refractivity contribution in [2.45, 2.75) is 32.6 Å². The maximum atomic E-state index is 11.4. The Morgan fingerprint density at radius 2 is 2.25 bits per heavy atom. The number of likely N-dealkylation sites (tertiary alicyclic amines) is 1. The van der Waals surface area contributed by atoms with Crippen molar-refractivity contribution < 1.29 is 9.32 Å². The second kappa shape index (κ2) is 4.78. The summed E-state index contributed by atoms with van der Waals surface area (Å²) in [5, 5.41) is 3.75. The number of aromatic nitrogens is 1. The van der Waals surface area contributed by atoms with Crippen LogP contribution in [0.2, 0.25) is 0 Å². The van der Waals surface area contributed by atoms with Crippen LogP contribution in [-0.4, -0.2) is 35.5 Å². The molecule has 1 aliphatic rings. The minimum Gasteiger partial charge on any atom is -0.360 e. The molecule has 4 heteroatoms. The summed E-state index contributed by atoms with van der Waals surface area (Å²) < 4.78 is 5.24. The van der Waals surface area contributed by atoms with Crippen LogP contribution < -0.4 is 0 Å². The van der Waals surface area contributed by atoms with Gasteiger partial charge in [0, 0.05) is 5.92 Å². The molecule has 0 unspecified atom stereocenters. The van der Waals surface area contributed by atoms with Crippen LogP contribution in [0.3, 0.4) is 0 Å². The second-order valence-electron chi connectivity index (χ2n) is 4.37. The van der Waals surface area contributed by atoms with Gasteiger partial charge in [-0.05, 0) is 39.4 Å². The first kappa shape index (κ1) is 11.3. The van der Waals surface area contributed by atoms with Crippen LogP contribution in [0.25, 0.3) is 0 Å². The smallest absolute Gasteiger partial charge is 0.164 e. The van der Waals surface area contributed by atoms with Crippen molar-refractivity contribution in [2.75, 3.05) is 19.6 Å². The van der Waals surface area contributed by atoms with E-state index >= 15 is 0 Å². The maximum Gasteiger partial charge on any atom is 0.164 e. The third-order valence-corrected chi connectivity index (χ3v) is 3.38. The Morgan fingerprint density at radius 1 is 1.56 bits per heavy atom. The number of carbonyl (C=O) groups is 1. The molecule has 0 amide bonds. The lowest BCUT2D eigenvalue weighted by atomic mass is 9.91. The molecule has 4 nitrogen and oxygen atoms in total. The van der Waals surface area contributed by atoms with E-state index in [1.54, 1.807) is 13.1 Å². The van der Waals surface area contributed by atoms with Gasteiger partial charge in [0.05, 0.1) is 11.8 Å². The van der Waals surface area contributed by atoms with Crippen molar-refractivity contribution in [1.29, 1.82) is 0 Å². The molecule has 2 rings (SSSR count). The first-order chi connectivity index (χ1) is 7.72. The van der Waals surface area contributed by atoms with Gasteiger partial charge < -0.3 is 9.42 Å². The molecule has 2 heterocycles. The number of hydrogen-bond donors (Lipinski definition) is 0. The largest absolute Gasteiger partial charge is 0.360 e. The Bertz CT molecular complexity index is 365. The third-order valence-electron chi connectivity index (χ3n) is 3.38. The summed E-state index contributed by atoms with van der Waals surface area (Å²) in [5.41, 5.74) is 0.662. The average Bonchev–Trinajstić information content (AvgIpc) is 2.78. The number of rotatable bonds is 3. The first-order valence-corrected chi connectivity index (χ1v) is 5.90. The van der Waals surface area contributed by atoms with Gasteiger partial charge in [0.15, 0.2) is 11.5 Å². The van der Waals surface area contributed by atoms with Crippen LogP contribution in [-0.2, 0) is 0 Å². The molecule has 0 N–H and O–H groups in total. The van der Waals surface area contributed by atoms with Gasteiger partial charge in [0.2, 0.25) is 0 Å². The van der Waals surface area contributed by atoms with Crippen LogP contribution in [0.1, 0.15) is 48.7 Å². The van der Waals surface area contributed by atoms with Crippen LogP contribution in [0, 0.1) is 0 Å². The molecule has 0 spiro atoms. The highest BCUT2D eigenvalue weighted by molar-refractivity contribution is 5.94. The first-order valence-electron chi connectivity index (χ1n) is 5.90. The van der Waals surface area contributed by atoms with Crippen molar-refractivity contribution in [3.8, 4) is 0 Å². The van der Waals surface area contributed by atoms with Crippen LogP contribution in [0.5, 0.6) is 0 Å². The fourth-order valence-electron chi connectivity index (χ4n) is 2.32.